The first-order valence-electron chi connectivity index (χ1n) is 6.89. The van der Waals surface area contributed by atoms with Gasteiger partial charge in [0.1, 0.15) is 5.82 Å². The molecular formula is C15H20N4OS. The minimum absolute atomic E-state index is 0.0377. The standard InChI is InChI=1S/C15H20N4OS/c1-5-13-17-18-15(19(13)4)21-9-14(20)16-12-7-6-10(2)11(3)8-12/h6-8H,5,9H2,1-4H3,(H,16,20). The van der Waals surface area contributed by atoms with Crippen LogP contribution in [-0.4, -0.2) is 26.4 Å². The minimum atomic E-state index is -0.0377. The van der Waals surface area contributed by atoms with E-state index in [-0.39, 0.29) is 5.91 Å². The number of hydrogen-bond acceptors (Lipinski definition) is 4. The molecule has 0 saturated carbocycles. The molecule has 5 nitrogen and oxygen atoms in total. The summed E-state index contributed by atoms with van der Waals surface area (Å²) < 4.78 is 1.92. The van der Waals surface area contributed by atoms with Crippen molar-refractivity contribution in [1.82, 2.24) is 14.8 Å². The SMILES string of the molecule is CCc1nnc(SCC(=O)Nc2ccc(C)c(C)c2)n1C. The van der Waals surface area contributed by atoms with E-state index in [9.17, 15) is 4.79 Å². The lowest BCUT2D eigenvalue weighted by Crippen LogP contribution is -2.14. The molecule has 1 heterocycles. The summed E-state index contributed by atoms with van der Waals surface area (Å²) in [5.74, 6) is 1.21. The molecule has 1 aromatic heterocycles. The highest BCUT2D eigenvalue weighted by Gasteiger charge is 2.10. The first kappa shape index (κ1) is 15.6. The van der Waals surface area contributed by atoms with Gasteiger partial charge in [0, 0.05) is 19.2 Å². The molecule has 1 N–H and O–H groups in total. The van der Waals surface area contributed by atoms with E-state index in [2.05, 4.69) is 22.4 Å². The molecule has 2 rings (SSSR count). The number of aryl methyl sites for hydroxylation is 3. The van der Waals surface area contributed by atoms with Gasteiger partial charge in [0.25, 0.3) is 0 Å². The van der Waals surface area contributed by atoms with Crippen LogP contribution in [0.5, 0.6) is 0 Å². The van der Waals surface area contributed by atoms with Crippen LogP contribution in [0.3, 0.4) is 0 Å². The number of nitrogens with zero attached hydrogens (tertiary/aromatic N) is 3. The minimum Gasteiger partial charge on any atom is -0.325 e. The molecular weight excluding hydrogens is 284 g/mol. The van der Waals surface area contributed by atoms with Crippen molar-refractivity contribution < 1.29 is 4.79 Å². The predicted octanol–water partition coefficient (Wildman–Crippen LogP) is 2.73. The summed E-state index contributed by atoms with van der Waals surface area (Å²) in [7, 11) is 1.92. The average molecular weight is 304 g/mol. The third kappa shape index (κ3) is 3.85. The van der Waals surface area contributed by atoms with E-state index < -0.39 is 0 Å². The van der Waals surface area contributed by atoms with E-state index in [1.165, 1.54) is 22.9 Å². The Kier molecular flexibility index (Phi) is 5.01. The number of rotatable bonds is 5. The Labute approximate surface area is 129 Å². The first-order valence-corrected chi connectivity index (χ1v) is 7.88. The molecule has 1 amide bonds. The Morgan fingerprint density at radius 1 is 1.29 bits per heavy atom. The zero-order valence-corrected chi connectivity index (χ0v) is 13.6. The molecule has 6 heteroatoms. The zero-order valence-electron chi connectivity index (χ0n) is 12.8. The Morgan fingerprint density at radius 2 is 2.05 bits per heavy atom. The fraction of sp³-hybridized carbons (Fsp3) is 0.400. The van der Waals surface area contributed by atoms with Crippen molar-refractivity contribution in [3.63, 3.8) is 0 Å². The third-order valence-corrected chi connectivity index (χ3v) is 4.38. The van der Waals surface area contributed by atoms with Crippen LogP contribution in [0.25, 0.3) is 0 Å². The second-order valence-electron chi connectivity index (χ2n) is 4.95. The van der Waals surface area contributed by atoms with Crippen molar-refractivity contribution in [2.45, 2.75) is 32.3 Å². The lowest BCUT2D eigenvalue weighted by atomic mass is 10.1. The molecule has 0 fully saturated rings. The van der Waals surface area contributed by atoms with Crippen molar-refractivity contribution in [2.75, 3.05) is 11.1 Å². The maximum absolute atomic E-state index is 12.0. The van der Waals surface area contributed by atoms with Gasteiger partial charge in [-0.05, 0) is 37.1 Å². The van der Waals surface area contributed by atoms with Crippen molar-refractivity contribution in [3.8, 4) is 0 Å². The lowest BCUT2D eigenvalue weighted by molar-refractivity contribution is -0.113. The van der Waals surface area contributed by atoms with Crippen molar-refractivity contribution in [3.05, 3.63) is 35.2 Å². The number of anilines is 1. The van der Waals surface area contributed by atoms with Crippen LogP contribution < -0.4 is 5.32 Å². The number of carbonyl (C=O) groups is 1. The normalized spacial score (nSPS) is 10.7. The summed E-state index contributed by atoms with van der Waals surface area (Å²) in [6, 6.07) is 5.91. The molecule has 2 aromatic rings. The smallest absolute Gasteiger partial charge is 0.234 e. The number of carbonyl (C=O) groups excluding carboxylic acids is 1. The largest absolute Gasteiger partial charge is 0.325 e. The molecule has 0 bridgehead atoms. The van der Waals surface area contributed by atoms with E-state index >= 15 is 0 Å². The number of amides is 1. The van der Waals surface area contributed by atoms with Gasteiger partial charge >= 0.3 is 0 Å². The highest BCUT2D eigenvalue weighted by atomic mass is 32.2. The molecule has 0 radical (unpaired) electrons. The van der Waals surface area contributed by atoms with E-state index in [1.807, 2.05) is 43.7 Å². The molecule has 0 aliphatic heterocycles. The molecule has 0 unspecified atom stereocenters. The van der Waals surface area contributed by atoms with Gasteiger partial charge in [-0.25, -0.2) is 0 Å². The molecule has 0 saturated heterocycles. The van der Waals surface area contributed by atoms with Gasteiger partial charge in [0.15, 0.2) is 5.16 Å². The first-order chi connectivity index (χ1) is 10.0. The number of hydrogen-bond donors (Lipinski definition) is 1. The quantitative estimate of drug-likeness (QED) is 0.863. The summed E-state index contributed by atoms with van der Waals surface area (Å²) in [4.78, 5) is 12.0. The Bertz CT molecular complexity index is 651. The van der Waals surface area contributed by atoms with Crippen molar-refractivity contribution in [1.29, 1.82) is 0 Å². The third-order valence-electron chi connectivity index (χ3n) is 3.36. The van der Waals surface area contributed by atoms with E-state index in [1.54, 1.807) is 0 Å². The van der Waals surface area contributed by atoms with Gasteiger partial charge in [-0.2, -0.15) is 0 Å². The van der Waals surface area contributed by atoms with E-state index in [0.717, 1.165) is 23.1 Å². The number of thioether (sulfide) groups is 1. The summed E-state index contributed by atoms with van der Waals surface area (Å²) in [5, 5.41) is 11.8. The van der Waals surface area contributed by atoms with Gasteiger partial charge in [0.2, 0.25) is 5.91 Å². The topological polar surface area (TPSA) is 59.8 Å². The fourth-order valence-corrected chi connectivity index (χ4v) is 2.65. The second kappa shape index (κ2) is 6.76. The van der Waals surface area contributed by atoms with Crippen LogP contribution in [0.15, 0.2) is 23.4 Å². The number of aromatic nitrogens is 3. The summed E-state index contributed by atoms with van der Waals surface area (Å²) >= 11 is 1.40. The van der Waals surface area contributed by atoms with Crippen LogP contribution in [0.2, 0.25) is 0 Å². The predicted molar refractivity (Wildman–Crippen MR) is 85.7 cm³/mol. The van der Waals surface area contributed by atoms with Gasteiger partial charge in [0.05, 0.1) is 5.75 Å². The summed E-state index contributed by atoms with van der Waals surface area (Å²) in [5.41, 5.74) is 3.21. The van der Waals surface area contributed by atoms with Crippen molar-refractivity contribution in [2.24, 2.45) is 7.05 Å². The highest BCUT2D eigenvalue weighted by Crippen LogP contribution is 2.18. The number of nitrogens with one attached hydrogen (secondary N) is 1. The van der Waals surface area contributed by atoms with Crippen LogP contribution >= 0.6 is 11.8 Å². The van der Waals surface area contributed by atoms with Crippen LogP contribution in [0, 0.1) is 13.8 Å². The van der Waals surface area contributed by atoms with Crippen LogP contribution in [-0.2, 0) is 18.3 Å². The molecule has 0 aliphatic carbocycles. The maximum atomic E-state index is 12.0. The molecule has 112 valence electrons. The van der Waals surface area contributed by atoms with Gasteiger partial charge in [-0.15, -0.1) is 10.2 Å². The van der Waals surface area contributed by atoms with Crippen molar-refractivity contribution >= 4 is 23.4 Å². The molecule has 0 atom stereocenters. The average Bonchev–Trinajstić information content (AvgIpc) is 2.81. The Balaban J connectivity index is 1.92. The molecule has 0 spiro atoms. The number of benzene rings is 1. The molecule has 21 heavy (non-hydrogen) atoms. The Hall–Kier alpha value is -1.82. The monoisotopic (exact) mass is 304 g/mol. The van der Waals surface area contributed by atoms with Gasteiger partial charge in [-0.3, -0.25) is 4.79 Å². The van der Waals surface area contributed by atoms with Crippen LogP contribution in [0.1, 0.15) is 23.9 Å². The summed E-state index contributed by atoms with van der Waals surface area (Å²) in [6.45, 7) is 6.12. The fourth-order valence-electron chi connectivity index (χ4n) is 1.92. The highest BCUT2D eigenvalue weighted by molar-refractivity contribution is 7.99. The van der Waals surface area contributed by atoms with Crippen LogP contribution in [0.4, 0.5) is 5.69 Å². The summed E-state index contributed by atoms with van der Waals surface area (Å²) in [6.07, 6.45) is 0.832. The molecule has 0 aliphatic rings. The maximum Gasteiger partial charge on any atom is 0.234 e. The molecule has 1 aromatic carbocycles. The van der Waals surface area contributed by atoms with Gasteiger partial charge in [-0.1, -0.05) is 24.8 Å². The van der Waals surface area contributed by atoms with E-state index in [4.69, 9.17) is 0 Å². The second-order valence-corrected chi connectivity index (χ2v) is 5.89. The Morgan fingerprint density at radius 3 is 2.67 bits per heavy atom. The van der Waals surface area contributed by atoms with Gasteiger partial charge < -0.3 is 9.88 Å². The lowest BCUT2D eigenvalue weighted by Gasteiger charge is -2.07. The van der Waals surface area contributed by atoms with E-state index in [0.29, 0.717) is 5.75 Å². The zero-order chi connectivity index (χ0) is 15.4.